The van der Waals surface area contributed by atoms with E-state index in [1.54, 1.807) is 6.92 Å². The van der Waals surface area contributed by atoms with E-state index in [4.69, 9.17) is 11.6 Å². The summed E-state index contributed by atoms with van der Waals surface area (Å²) < 4.78 is 0. The van der Waals surface area contributed by atoms with Crippen molar-refractivity contribution in [1.82, 2.24) is 5.32 Å². The lowest BCUT2D eigenvalue weighted by atomic mass is 10.2. The Hall–Kier alpha value is -0.870. The molecule has 0 spiro atoms. The van der Waals surface area contributed by atoms with Gasteiger partial charge in [0.05, 0.1) is 6.42 Å². The van der Waals surface area contributed by atoms with Crippen LogP contribution in [-0.4, -0.2) is 17.2 Å². The first kappa shape index (κ1) is 12.2. The minimum absolute atomic E-state index is 0.168. The van der Waals surface area contributed by atoms with Gasteiger partial charge in [-0.25, -0.2) is 0 Å². The van der Waals surface area contributed by atoms with Crippen LogP contribution in [0.2, 0.25) is 0 Å². The van der Waals surface area contributed by atoms with E-state index in [2.05, 4.69) is 5.32 Å². The summed E-state index contributed by atoms with van der Waals surface area (Å²) in [5.74, 6) is -0.168. The van der Waals surface area contributed by atoms with Gasteiger partial charge in [0, 0.05) is 4.88 Å². The van der Waals surface area contributed by atoms with Crippen LogP contribution in [0.5, 0.6) is 0 Å². The summed E-state index contributed by atoms with van der Waals surface area (Å²) in [5, 5.41) is 3.98. The lowest BCUT2D eigenvalue weighted by Crippen LogP contribution is -2.39. The summed E-state index contributed by atoms with van der Waals surface area (Å²) in [6, 6.07) is 3.20. The summed E-state index contributed by atoms with van der Waals surface area (Å²) in [4.78, 5) is 23.3. The van der Waals surface area contributed by atoms with Crippen molar-refractivity contribution in [3.63, 3.8) is 0 Å². The lowest BCUT2D eigenvalue weighted by molar-refractivity contribution is -0.124. The molecule has 0 aliphatic heterocycles. The van der Waals surface area contributed by atoms with E-state index in [9.17, 15) is 9.59 Å². The number of carbonyl (C=O) groups is 2. The quantitative estimate of drug-likeness (QED) is 0.806. The Labute approximate surface area is 97.4 Å². The molecule has 1 heterocycles. The molecule has 0 fully saturated rings. The minimum Gasteiger partial charge on any atom is -0.345 e. The van der Waals surface area contributed by atoms with Crippen LogP contribution in [0, 0.1) is 0 Å². The molecule has 0 aliphatic rings. The molecule has 0 saturated carbocycles. The smallest absolute Gasteiger partial charge is 0.243 e. The van der Waals surface area contributed by atoms with Gasteiger partial charge in [-0.3, -0.25) is 9.59 Å². The van der Waals surface area contributed by atoms with Gasteiger partial charge in [0.15, 0.2) is 0 Å². The Bertz CT molecular complexity index is 337. The highest BCUT2D eigenvalue weighted by Crippen LogP contribution is 2.09. The Balaban J connectivity index is 2.45. The van der Waals surface area contributed by atoms with Gasteiger partial charge in [-0.2, -0.15) is 0 Å². The molecule has 0 saturated heterocycles. The molecule has 1 amide bonds. The molecule has 1 unspecified atom stereocenters. The predicted octanol–water partition coefficient (Wildman–Crippen LogP) is 1.95. The van der Waals surface area contributed by atoms with E-state index in [-0.39, 0.29) is 5.91 Å². The van der Waals surface area contributed by atoms with Gasteiger partial charge in [-0.1, -0.05) is 13.0 Å². The largest absolute Gasteiger partial charge is 0.345 e. The van der Waals surface area contributed by atoms with Gasteiger partial charge >= 0.3 is 0 Å². The summed E-state index contributed by atoms with van der Waals surface area (Å²) in [7, 11) is 0. The molecule has 5 heteroatoms. The van der Waals surface area contributed by atoms with Crippen molar-refractivity contribution in [2.24, 2.45) is 0 Å². The second kappa shape index (κ2) is 5.88. The Kier molecular flexibility index (Phi) is 4.78. The maximum atomic E-state index is 11.5. The van der Waals surface area contributed by atoms with E-state index < -0.39 is 11.3 Å². The van der Waals surface area contributed by atoms with Crippen LogP contribution in [0.3, 0.4) is 0 Å². The first-order valence-corrected chi connectivity index (χ1v) is 5.90. The average Bonchev–Trinajstić information content (AvgIpc) is 2.66. The average molecular weight is 246 g/mol. The van der Waals surface area contributed by atoms with Gasteiger partial charge in [-0.15, -0.1) is 11.3 Å². The second-order valence-corrected chi connectivity index (χ2v) is 4.49. The van der Waals surface area contributed by atoms with E-state index in [0.717, 1.165) is 4.88 Å². The zero-order valence-electron chi connectivity index (χ0n) is 8.33. The molecule has 15 heavy (non-hydrogen) atoms. The molecule has 1 aromatic rings. The van der Waals surface area contributed by atoms with Crippen LogP contribution in [0.1, 0.15) is 18.2 Å². The van der Waals surface area contributed by atoms with Gasteiger partial charge < -0.3 is 5.32 Å². The monoisotopic (exact) mass is 245 g/mol. The van der Waals surface area contributed by atoms with Crippen molar-refractivity contribution in [2.45, 2.75) is 25.8 Å². The van der Waals surface area contributed by atoms with E-state index >= 15 is 0 Å². The highest BCUT2D eigenvalue weighted by molar-refractivity contribution is 7.10. The maximum absolute atomic E-state index is 11.5. The van der Waals surface area contributed by atoms with E-state index in [1.807, 2.05) is 17.5 Å². The number of carbonyl (C=O) groups excluding carboxylic acids is 2. The number of nitrogens with one attached hydrogen (secondary N) is 1. The molecule has 82 valence electrons. The van der Waals surface area contributed by atoms with Crippen LogP contribution >= 0.6 is 22.9 Å². The predicted molar refractivity (Wildman–Crippen MR) is 61.1 cm³/mol. The first-order chi connectivity index (χ1) is 7.13. The highest BCUT2D eigenvalue weighted by atomic mass is 35.5. The topological polar surface area (TPSA) is 46.2 Å². The number of hydrogen-bond donors (Lipinski definition) is 1. The van der Waals surface area contributed by atoms with Crippen molar-refractivity contribution in [3.05, 3.63) is 22.4 Å². The van der Waals surface area contributed by atoms with Gasteiger partial charge in [-0.05, 0) is 29.5 Å². The van der Waals surface area contributed by atoms with Gasteiger partial charge in [0.1, 0.15) is 6.04 Å². The molecule has 0 radical (unpaired) electrons. The zero-order chi connectivity index (χ0) is 11.3. The molecule has 0 aliphatic carbocycles. The lowest BCUT2D eigenvalue weighted by Gasteiger charge is -2.11. The molecule has 1 N–H and O–H groups in total. The van der Waals surface area contributed by atoms with Crippen LogP contribution in [0.15, 0.2) is 17.5 Å². The number of halogens is 1. The molecule has 1 aromatic heterocycles. The normalized spacial score (nSPS) is 12.1. The highest BCUT2D eigenvalue weighted by Gasteiger charge is 2.16. The minimum atomic E-state index is -0.570. The molecule has 0 aromatic carbocycles. The van der Waals surface area contributed by atoms with E-state index in [0.29, 0.717) is 12.8 Å². The van der Waals surface area contributed by atoms with Crippen LogP contribution in [0.4, 0.5) is 0 Å². The van der Waals surface area contributed by atoms with Crippen molar-refractivity contribution >= 4 is 34.1 Å². The summed E-state index contributed by atoms with van der Waals surface area (Å²) >= 11 is 6.83. The van der Waals surface area contributed by atoms with Crippen molar-refractivity contribution in [3.8, 4) is 0 Å². The fourth-order valence-corrected chi connectivity index (χ4v) is 2.05. The van der Waals surface area contributed by atoms with Gasteiger partial charge in [0.25, 0.3) is 0 Å². The molecule has 1 rings (SSSR count). The molecular formula is C10H12ClNO2S. The Morgan fingerprint density at radius 1 is 1.60 bits per heavy atom. The third kappa shape index (κ3) is 4.01. The third-order valence-electron chi connectivity index (χ3n) is 1.93. The van der Waals surface area contributed by atoms with Gasteiger partial charge in [0.2, 0.25) is 11.1 Å². The number of thiophene rings is 1. The maximum Gasteiger partial charge on any atom is 0.243 e. The SMILES string of the molecule is CCC(NC(=O)Cc1cccs1)C(=O)Cl. The van der Waals surface area contributed by atoms with Crippen LogP contribution < -0.4 is 5.32 Å². The number of rotatable bonds is 5. The third-order valence-corrected chi connectivity index (χ3v) is 3.07. The number of amides is 1. The van der Waals surface area contributed by atoms with Crippen molar-refractivity contribution < 1.29 is 9.59 Å². The fraction of sp³-hybridized carbons (Fsp3) is 0.400. The number of hydrogen-bond acceptors (Lipinski definition) is 3. The summed E-state index contributed by atoms with van der Waals surface area (Å²) in [6.07, 6.45) is 0.816. The van der Waals surface area contributed by atoms with Crippen molar-refractivity contribution in [1.29, 1.82) is 0 Å². The van der Waals surface area contributed by atoms with Crippen LogP contribution in [0.25, 0.3) is 0 Å². The van der Waals surface area contributed by atoms with Crippen molar-refractivity contribution in [2.75, 3.05) is 0 Å². The first-order valence-electron chi connectivity index (χ1n) is 4.64. The Morgan fingerprint density at radius 2 is 2.33 bits per heavy atom. The molecular weight excluding hydrogens is 234 g/mol. The summed E-state index contributed by atoms with van der Waals surface area (Å²) in [6.45, 7) is 1.80. The Morgan fingerprint density at radius 3 is 2.80 bits per heavy atom. The summed E-state index contributed by atoms with van der Waals surface area (Å²) in [5.41, 5.74) is 0. The van der Waals surface area contributed by atoms with Crippen LogP contribution in [-0.2, 0) is 16.0 Å². The molecule has 0 bridgehead atoms. The zero-order valence-corrected chi connectivity index (χ0v) is 9.90. The van der Waals surface area contributed by atoms with E-state index in [1.165, 1.54) is 11.3 Å². The second-order valence-electron chi connectivity index (χ2n) is 3.09. The molecule has 3 nitrogen and oxygen atoms in total. The molecule has 1 atom stereocenters. The standard InChI is InChI=1S/C10H12ClNO2S/c1-2-8(10(11)14)12-9(13)6-7-4-3-5-15-7/h3-5,8H,2,6H2,1H3,(H,12,13). The fourth-order valence-electron chi connectivity index (χ4n) is 1.14.